The number of aliphatic hydroxyl groups excluding tert-OH is 1. The molecule has 3 amide bonds. The molecule has 1 unspecified atom stereocenters. The third-order valence-corrected chi connectivity index (χ3v) is 11.4. The zero-order valence-corrected chi connectivity index (χ0v) is 25.6. The number of aliphatic hydroxyl groups is 1. The predicted octanol–water partition coefficient (Wildman–Crippen LogP) is 4.55. The van der Waals surface area contributed by atoms with Crippen molar-refractivity contribution in [1.82, 2.24) is 9.80 Å². The van der Waals surface area contributed by atoms with Crippen LogP contribution in [0.15, 0.2) is 78.9 Å². The Morgan fingerprint density at radius 1 is 0.929 bits per heavy atom. The number of likely N-dealkylation sites (tertiary alicyclic amines) is 1. The van der Waals surface area contributed by atoms with Crippen LogP contribution in [0.5, 0.6) is 0 Å². The van der Waals surface area contributed by atoms with Gasteiger partial charge in [-0.3, -0.25) is 14.4 Å². The molecule has 7 nitrogen and oxygen atoms in total. The maximum absolute atomic E-state index is 14.7. The lowest BCUT2D eigenvalue weighted by Gasteiger charge is -2.41. The number of amides is 3. The first-order chi connectivity index (χ1) is 20.1. The van der Waals surface area contributed by atoms with Gasteiger partial charge in [-0.05, 0) is 30.5 Å². The molecule has 0 aliphatic carbocycles. The van der Waals surface area contributed by atoms with Crippen molar-refractivity contribution in [3.63, 3.8) is 0 Å². The molecule has 4 aliphatic rings. The van der Waals surface area contributed by atoms with Crippen LogP contribution in [0.3, 0.4) is 0 Å². The zero-order chi connectivity index (χ0) is 29.8. The van der Waals surface area contributed by atoms with E-state index in [9.17, 15) is 19.5 Å². The number of rotatable bonds is 6. The Morgan fingerprint density at radius 2 is 1.62 bits per heavy atom. The summed E-state index contributed by atoms with van der Waals surface area (Å²) in [6.07, 6.45) is 8.02. The molecule has 2 saturated heterocycles. The van der Waals surface area contributed by atoms with Gasteiger partial charge in [0.05, 0.1) is 39.9 Å². The fourth-order valence-electron chi connectivity index (χ4n) is 7.32. The number of carbonyl (C=O) groups excluding carboxylic acids is 3. The van der Waals surface area contributed by atoms with Crippen molar-refractivity contribution in [1.29, 1.82) is 0 Å². The molecule has 0 radical (unpaired) electrons. The molecule has 6 atom stereocenters. The minimum absolute atomic E-state index is 0.0900. The number of hydrogen-bond donors (Lipinski definition) is 1. The molecule has 0 aromatic heterocycles. The van der Waals surface area contributed by atoms with Gasteiger partial charge >= 0.3 is 0 Å². The first-order valence-corrected chi connectivity index (χ1v) is 15.7. The number of halogens is 1. The number of hydrogen-bond acceptors (Lipinski definition) is 5. The monoisotopic (exact) mass is 605 g/mol. The van der Waals surface area contributed by atoms with Gasteiger partial charge in [0, 0.05) is 24.4 Å². The average Bonchev–Trinajstić information content (AvgIpc) is 3.23. The highest BCUT2D eigenvalue weighted by Crippen LogP contribution is 2.66. The minimum Gasteiger partial charge on any atom is -0.394 e. The van der Waals surface area contributed by atoms with E-state index in [0.717, 1.165) is 5.56 Å². The Balaban J connectivity index is 1.48. The van der Waals surface area contributed by atoms with Crippen molar-refractivity contribution in [3.8, 4) is 0 Å². The molecule has 220 valence electrons. The molecule has 1 spiro atoms. The summed E-state index contributed by atoms with van der Waals surface area (Å²) in [7, 11) is 0. The second-order valence-electron chi connectivity index (χ2n) is 12.1. The number of nitrogens with zero attached hydrogens (tertiary/aromatic N) is 3. The molecule has 6 rings (SSSR count). The summed E-state index contributed by atoms with van der Waals surface area (Å²) in [5.74, 6) is -2.16. The highest BCUT2D eigenvalue weighted by molar-refractivity contribution is 8.02. The van der Waals surface area contributed by atoms with Crippen molar-refractivity contribution >= 4 is 46.8 Å². The van der Waals surface area contributed by atoms with Gasteiger partial charge in [-0.15, -0.1) is 11.8 Å². The van der Waals surface area contributed by atoms with Gasteiger partial charge in [-0.25, -0.2) is 0 Å². The van der Waals surface area contributed by atoms with Crippen LogP contribution in [-0.2, 0) is 20.9 Å². The summed E-state index contributed by atoms with van der Waals surface area (Å²) < 4.78 is -1.70. The Labute approximate surface area is 256 Å². The maximum Gasteiger partial charge on any atom is 0.251 e. The van der Waals surface area contributed by atoms with Gasteiger partial charge in [-0.1, -0.05) is 92.2 Å². The lowest BCUT2D eigenvalue weighted by Crippen LogP contribution is -2.58. The van der Waals surface area contributed by atoms with Crippen LogP contribution < -0.4 is 4.90 Å². The zero-order valence-electron chi connectivity index (χ0n) is 24.0. The minimum atomic E-state index is -0.998. The van der Waals surface area contributed by atoms with Crippen molar-refractivity contribution in [3.05, 3.63) is 89.5 Å². The van der Waals surface area contributed by atoms with Gasteiger partial charge in [0.2, 0.25) is 11.8 Å². The van der Waals surface area contributed by atoms with Crippen LogP contribution >= 0.6 is 23.4 Å². The second kappa shape index (κ2) is 10.9. The topological polar surface area (TPSA) is 81.2 Å². The summed E-state index contributed by atoms with van der Waals surface area (Å²) >= 11 is 8.12. The Bertz CT molecular complexity index is 1460. The van der Waals surface area contributed by atoms with Crippen LogP contribution in [0.2, 0.25) is 5.02 Å². The Morgan fingerprint density at radius 3 is 2.31 bits per heavy atom. The van der Waals surface area contributed by atoms with E-state index in [1.54, 1.807) is 33.7 Å². The van der Waals surface area contributed by atoms with Crippen LogP contribution in [-0.4, -0.2) is 73.9 Å². The van der Waals surface area contributed by atoms with E-state index in [1.807, 2.05) is 86.4 Å². The van der Waals surface area contributed by atoms with Crippen LogP contribution in [0.25, 0.3) is 0 Å². The lowest BCUT2D eigenvalue weighted by molar-refractivity contribution is -0.146. The van der Waals surface area contributed by atoms with Crippen LogP contribution in [0.4, 0.5) is 5.69 Å². The normalized spacial score (nSPS) is 31.2. The van der Waals surface area contributed by atoms with Crippen molar-refractivity contribution in [2.24, 2.45) is 17.8 Å². The smallest absolute Gasteiger partial charge is 0.251 e. The quantitative estimate of drug-likeness (QED) is 0.489. The molecule has 2 aromatic rings. The second-order valence-corrected chi connectivity index (χ2v) is 14.3. The number of para-hydroxylation sites is 1. The van der Waals surface area contributed by atoms with E-state index in [4.69, 9.17) is 11.6 Å². The molecule has 4 heterocycles. The molecule has 0 bridgehead atoms. The molecule has 0 saturated carbocycles. The standard InChI is InChI=1S/C33H36ClN3O4S/c1-21(2)25(20-38)37-28-31(41)36(24-14-8-7-13-23(24)34)18-10-16-33(28)27(30(37)40)26-29(39)35(17-9-15-32(26,3)42-33)19-22-11-5-4-6-12-22/h4-16,21,25-28,38H,17-20H2,1-3H3/t25-,26+,27-,28?,32-,33-/m0/s1. The predicted molar refractivity (Wildman–Crippen MR) is 166 cm³/mol. The number of fused-ring (bicyclic) bond motifs is 2. The number of carbonyl (C=O) groups is 3. The number of thioether (sulfide) groups is 1. The van der Waals surface area contributed by atoms with E-state index >= 15 is 0 Å². The first kappa shape index (κ1) is 29.0. The van der Waals surface area contributed by atoms with Gasteiger partial charge in [0.1, 0.15) is 6.04 Å². The molecule has 42 heavy (non-hydrogen) atoms. The third-order valence-electron chi connectivity index (χ3n) is 9.25. The van der Waals surface area contributed by atoms with E-state index in [0.29, 0.717) is 23.8 Å². The fraction of sp³-hybridized carbons (Fsp3) is 0.424. The Kier molecular flexibility index (Phi) is 7.52. The summed E-state index contributed by atoms with van der Waals surface area (Å²) in [6.45, 7) is 6.78. The SMILES string of the molecule is CC(C)[C@H](CO)N1C(=O)[C@@H]2[C@@H]3C(=O)N(Cc4ccccc4)CC=C[C@]3(C)S[C@@]23C=CCN(c2ccccc2Cl)C(=O)C13. The maximum atomic E-state index is 14.7. The summed E-state index contributed by atoms with van der Waals surface area (Å²) in [6, 6.07) is 15.5. The number of benzene rings is 2. The molecular formula is C33H36ClN3O4S. The van der Waals surface area contributed by atoms with E-state index in [1.165, 1.54) is 0 Å². The fourth-order valence-corrected chi connectivity index (χ4v) is 9.70. The summed E-state index contributed by atoms with van der Waals surface area (Å²) in [5.41, 5.74) is 1.58. The van der Waals surface area contributed by atoms with Gasteiger partial charge in [0.25, 0.3) is 5.91 Å². The van der Waals surface area contributed by atoms with Gasteiger partial charge in [-0.2, -0.15) is 0 Å². The van der Waals surface area contributed by atoms with Crippen LogP contribution in [0.1, 0.15) is 26.3 Å². The molecule has 4 aliphatic heterocycles. The highest BCUT2D eigenvalue weighted by atomic mass is 35.5. The largest absolute Gasteiger partial charge is 0.394 e. The summed E-state index contributed by atoms with van der Waals surface area (Å²) in [5, 5.41) is 11.0. The Hall–Kier alpha value is -3.07. The summed E-state index contributed by atoms with van der Waals surface area (Å²) in [4.78, 5) is 49.0. The highest BCUT2D eigenvalue weighted by Gasteiger charge is 2.74. The van der Waals surface area contributed by atoms with E-state index in [-0.39, 0.29) is 36.8 Å². The lowest BCUT2D eigenvalue weighted by atomic mass is 9.74. The third kappa shape index (κ3) is 4.41. The van der Waals surface area contributed by atoms with Crippen molar-refractivity contribution in [2.75, 3.05) is 24.6 Å². The average molecular weight is 606 g/mol. The van der Waals surface area contributed by atoms with Crippen molar-refractivity contribution in [2.45, 2.75) is 48.9 Å². The number of anilines is 1. The van der Waals surface area contributed by atoms with Crippen molar-refractivity contribution < 1.29 is 19.5 Å². The van der Waals surface area contributed by atoms with E-state index < -0.39 is 33.4 Å². The molecule has 2 aromatic carbocycles. The molecule has 1 N–H and O–H groups in total. The molecule has 9 heteroatoms. The molecular weight excluding hydrogens is 570 g/mol. The van der Waals surface area contributed by atoms with Crippen LogP contribution in [0, 0.1) is 17.8 Å². The molecule has 2 fully saturated rings. The van der Waals surface area contributed by atoms with E-state index in [2.05, 4.69) is 6.08 Å². The van der Waals surface area contributed by atoms with Gasteiger partial charge < -0.3 is 19.8 Å². The first-order valence-electron chi connectivity index (χ1n) is 14.5. The van der Waals surface area contributed by atoms with Gasteiger partial charge in [0.15, 0.2) is 0 Å².